The molecule has 0 aliphatic carbocycles. The number of rotatable bonds is 5. The van der Waals surface area contributed by atoms with Crippen molar-refractivity contribution in [3.63, 3.8) is 0 Å². The maximum atomic E-state index is 11.2. The summed E-state index contributed by atoms with van der Waals surface area (Å²) in [5, 5.41) is 3.31. The third-order valence-electron chi connectivity index (χ3n) is 3.28. The molecular weight excluding hydrogens is 250 g/mol. The van der Waals surface area contributed by atoms with Crippen LogP contribution in [0.15, 0.2) is 0 Å². The van der Waals surface area contributed by atoms with Crippen LogP contribution in [0.25, 0.3) is 0 Å². The first-order valence-corrected chi connectivity index (χ1v) is 8.53. The summed E-state index contributed by atoms with van der Waals surface area (Å²) in [5.41, 5.74) is 2.43. The molecule has 0 unspecified atom stereocenters. The summed E-state index contributed by atoms with van der Waals surface area (Å²) < 4.78 is 24.6. The van der Waals surface area contributed by atoms with Gasteiger partial charge in [-0.25, -0.2) is 13.4 Å². The fourth-order valence-corrected chi connectivity index (χ4v) is 3.10. The number of imidazole rings is 1. The molecule has 2 rings (SSSR count). The van der Waals surface area contributed by atoms with E-state index in [1.54, 1.807) is 0 Å². The first kappa shape index (κ1) is 13.5. The molecule has 2 heterocycles. The van der Waals surface area contributed by atoms with Gasteiger partial charge in [-0.3, -0.25) is 0 Å². The van der Waals surface area contributed by atoms with E-state index in [0.717, 1.165) is 44.0 Å². The van der Waals surface area contributed by atoms with Crippen LogP contribution in [-0.4, -0.2) is 36.5 Å². The number of hydrogen-bond acceptors (Lipinski definition) is 4. The Hall–Kier alpha value is -0.880. The minimum atomic E-state index is -2.86. The van der Waals surface area contributed by atoms with Crippen LogP contribution in [0.5, 0.6) is 0 Å². The fourth-order valence-electron chi connectivity index (χ4n) is 2.45. The Balaban J connectivity index is 2.13. The molecule has 18 heavy (non-hydrogen) atoms. The predicted octanol–water partition coefficient (Wildman–Crippen LogP) is 0.526. The highest BCUT2D eigenvalue weighted by Crippen LogP contribution is 2.17. The van der Waals surface area contributed by atoms with Crippen LogP contribution in [0, 0.1) is 0 Å². The first-order valence-electron chi connectivity index (χ1n) is 6.47. The quantitative estimate of drug-likeness (QED) is 0.848. The third kappa shape index (κ3) is 3.11. The van der Waals surface area contributed by atoms with Crippen LogP contribution >= 0.6 is 0 Å². The van der Waals surface area contributed by atoms with Gasteiger partial charge in [-0.1, -0.05) is 6.92 Å². The van der Waals surface area contributed by atoms with Crippen molar-refractivity contribution in [3.05, 3.63) is 17.2 Å². The Labute approximate surface area is 109 Å². The molecule has 6 heteroatoms. The van der Waals surface area contributed by atoms with E-state index >= 15 is 0 Å². The Morgan fingerprint density at radius 2 is 2.22 bits per heavy atom. The molecule has 1 aliphatic heterocycles. The lowest BCUT2D eigenvalue weighted by atomic mass is 10.2. The van der Waals surface area contributed by atoms with E-state index in [1.807, 2.05) is 0 Å². The topological polar surface area (TPSA) is 64.0 Å². The smallest absolute Gasteiger partial charge is 0.147 e. The second kappa shape index (κ2) is 5.40. The zero-order valence-corrected chi connectivity index (χ0v) is 11.9. The molecule has 1 aromatic heterocycles. The van der Waals surface area contributed by atoms with Gasteiger partial charge < -0.3 is 9.88 Å². The van der Waals surface area contributed by atoms with E-state index in [1.165, 1.54) is 11.9 Å². The number of hydrogen-bond donors (Lipinski definition) is 1. The lowest BCUT2D eigenvalue weighted by Gasteiger charge is -2.16. The molecular formula is C12H21N3O2S. The van der Waals surface area contributed by atoms with Crippen molar-refractivity contribution < 1.29 is 8.42 Å². The van der Waals surface area contributed by atoms with Crippen molar-refractivity contribution in [1.82, 2.24) is 14.9 Å². The SMILES string of the molecule is CCc1nc2c(n1CCCS(C)(=O)=O)CCNC2. The Kier molecular flexibility index (Phi) is 4.07. The molecule has 0 spiro atoms. The maximum absolute atomic E-state index is 11.2. The molecule has 0 bridgehead atoms. The molecule has 0 saturated carbocycles. The number of aromatic nitrogens is 2. The zero-order valence-electron chi connectivity index (χ0n) is 11.1. The lowest BCUT2D eigenvalue weighted by molar-refractivity contribution is 0.563. The van der Waals surface area contributed by atoms with Gasteiger partial charge in [-0.2, -0.15) is 0 Å². The maximum Gasteiger partial charge on any atom is 0.147 e. The van der Waals surface area contributed by atoms with E-state index in [4.69, 9.17) is 0 Å². The van der Waals surface area contributed by atoms with Gasteiger partial charge in [0.05, 0.1) is 11.4 Å². The molecule has 1 aromatic rings. The highest BCUT2D eigenvalue weighted by atomic mass is 32.2. The average molecular weight is 271 g/mol. The number of nitrogens with zero attached hydrogens (tertiary/aromatic N) is 2. The van der Waals surface area contributed by atoms with Crippen molar-refractivity contribution in [1.29, 1.82) is 0 Å². The summed E-state index contributed by atoms with van der Waals surface area (Å²) in [6, 6.07) is 0. The van der Waals surface area contributed by atoms with Gasteiger partial charge in [-0.05, 0) is 6.42 Å². The van der Waals surface area contributed by atoms with Crippen molar-refractivity contribution in [2.75, 3.05) is 18.6 Å². The van der Waals surface area contributed by atoms with Crippen LogP contribution in [0.3, 0.4) is 0 Å². The van der Waals surface area contributed by atoms with Crippen molar-refractivity contribution in [2.24, 2.45) is 0 Å². The highest BCUT2D eigenvalue weighted by molar-refractivity contribution is 7.90. The summed E-state index contributed by atoms with van der Waals surface area (Å²) in [7, 11) is -2.86. The fraction of sp³-hybridized carbons (Fsp3) is 0.750. The Bertz CT molecular complexity index is 520. The van der Waals surface area contributed by atoms with Gasteiger partial charge >= 0.3 is 0 Å². The number of fused-ring (bicyclic) bond motifs is 1. The van der Waals surface area contributed by atoms with Crippen LogP contribution in [0.2, 0.25) is 0 Å². The van der Waals surface area contributed by atoms with E-state index in [9.17, 15) is 8.42 Å². The summed E-state index contributed by atoms with van der Waals surface area (Å²) in [4.78, 5) is 4.64. The minimum Gasteiger partial charge on any atom is -0.332 e. The third-order valence-corrected chi connectivity index (χ3v) is 4.31. The van der Waals surface area contributed by atoms with E-state index in [0.29, 0.717) is 6.42 Å². The van der Waals surface area contributed by atoms with Crippen molar-refractivity contribution >= 4 is 9.84 Å². The van der Waals surface area contributed by atoms with Gasteiger partial charge in [0.1, 0.15) is 15.7 Å². The van der Waals surface area contributed by atoms with Crippen molar-refractivity contribution in [2.45, 2.75) is 39.3 Å². The second-order valence-electron chi connectivity index (χ2n) is 4.84. The van der Waals surface area contributed by atoms with Gasteiger partial charge in [0.25, 0.3) is 0 Å². The summed E-state index contributed by atoms with van der Waals surface area (Å²) in [6.45, 7) is 4.67. The predicted molar refractivity (Wildman–Crippen MR) is 71.3 cm³/mol. The van der Waals surface area contributed by atoms with E-state index < -0.39 is 9.84 Å². The van der Waals surface area contributed by atoms with E-state index in [-0.39, 0.29) is 5.75 Å². The molecule has 0 amide bonds. The lowest BCUT2D eigenvalue weighted by Crippen LogP contribution is -2.25. The normalized spacial score (nSPS) is 15.7. The van der Waals surface area contributed by atoms with Crippen LogP contribution in [-0.2, 0) is 35.8 Å². The molecule has 1 N–H and O–H groups in total. The van der Waals surface area contributed by atoms with E-state index in [2.05, 4.69) is 21.8 Å². The molecule has 0 radical (unpaired) electrons. The van der Waals surface area contributed by atoms with Crippen LogP contribution in [0.4, 0.5) is 0 Å². The van der Waals surface area contributed by atoms with Crippen LogP contribution in [0.1, 0.15) is 30.6 Å². The zero-order chi connectivity index (χ0) is 13.2. The van der Waals surface area contributed by atoms with Gasteiger partial charge in [0.15, 0.2) is 0 Å². The van der Waals surface area contributed by atoms with Gasteiger partial charge in [0.2, 0.25) is 0 Å². The standard InChI is InChI=1S/C12H21N3O2S/c1-3-12-14-10-9-13-6-5-11(10)15(12)7-4-8-18(2,16)17/h13H,3-9H2,1-2H3. The molecule has 0 aromatic carbocycles. The summed E-state index contributed by atoms with van der Waals surface area (Å²) in [5.74, 6) is 1.33. The largest absolute Gasteiger partial charge is 0.332 e. The van der Waals surface area contributed by atoms with Gasteiger partial charge in [-0.15, -0.1) is 0 Å². The van der Waals surface area contributed by atoms with Crippen LogP contribution < -0.4 is 5.32 Å². The minimum absolute atomic E-state index is 0.251. The Morgan fingerprint density at radius 1 is 1.44 bits per heavy atom. The number of sulfone groups is 1. The molecule has 0 atom stereocenters. The highest BCUT2D eigenvalue weighted by Gasteiger charge is 2.18. The first-order chi connectivity index (χ1) is 8.51. The molecule has 102 valence electrons. The summed E-state index contributed by atoms with van der Waals surface area (Å²) in [6.07, 6.45) is 3.84. The molecule has 5 nitrogen and oxygen atoms in total. The van der Waals surface area contributed by atoms with Crippen molar-refractivity contribution in [3.8, 4) is 0 Å². The van der Waals surface area contributed by atoms with Gasteiger partial charge in [0, 0.05) is 44.4 Å². The number of aryl methyl sites for hydroxylation is 1. The monoisotopic (exact) mass is 271 g/mol. The average Bonchev–Trinajstić information content (AvgIpc) is 2.66. The second-order valence-corrected chi connectivity index (χ2v) is 7.10. The Morgan fingerprint density at radius 3 is 2.89 bits per heavy atom. The number of nitrogens with one attached hydrogen (secondary N) is 1. The molecule has 0 fully saturated rings. The summed E-state index contributed by atoms with van der Waals surface area (Å²) >= 11 is 0. The molecule has 1 aliphatic rings. The molecule has 0 saturated heterocycles.